The molecule has 3 aromatic rings. The molecule has 2 aromatic heterocycles. The topological polar surface area (TPSA) is 106 Å². The highest BCUT2D eigenvalue weighted by molar-refractivity contribution is 6.30. The standard InChI is InChI=1S/C26H35ClN8O/c1-33-14-16-34(17-15-33)11-7-22(19-2-4-20(27)5-3-19)32-25(36)26(28)8-12-35(13-9-26)24-21-6-10-29-23(21)30-18-31-24/h2-6,10,18,22H,7-9,11-17,28H2,1H3,(H,32,36)(H,29,30,31). The van der Waals surface area contributed by atoms with Crippen molar-refractivity contribution in [2.75, 3.05) is 57.8 Å². The third kappa shape index (κ3) is 5.49. The van der Waals surface area contributed by atoms with E-state index in [-0.39, 0.29) is 11.9 Å². The molecular formula is C26H35ClN8O. The van der Waals surface area contributed by atoms with Crippen LogP contribution in [0.5, 0.6) is 0 Å². The number of carbonyl (C=O) groups is 1. The number of piperazine rings is 1. The molecule has 4 heterocycles. The third-order valence-corrected chi connectivity index (χ3v) is 7.90. The van der Waals surface area contributed by atoms with Crippen LogP contribution in [-0.2, 0) is 4.79 Å². The Morgan fingerprint density at radius 3 is 2.56 bits per heavy atom. The minimum Gasteiger partial charge on any atom is -0.356 e. The van der Waals surface area contributed by atoms with Crippen LogP contribution in [0.2, 0.25) is 5.02 Å². The van der Waals surface area contributed by atoms with Gasteiger partial charge in [0.1, 0.15) is 17.8 Å². The van der Waals surface area contributed by atoms with Gasteiger partial charge in [-0.15, -0.1) is 0 Å². The van der Waals surface area contributed by atoms with Gasteiger partial charge in [-0.05, 0) is 50.1 Å². The lowest BCUT2D eigenvalue weighted by Gasteiger charge is -2.39. The molecule has 2 aliphatic heterocycles. The van der Waals surface area contributed by atoms with Crippen molar-refractivity contribution in [1.29, 1.82) is 0 Å². The Balaban J connectivity index is 1.24. The molecule has 2 fully saturated rings. The number of carbonyl (C=O) groups excluding carboxylic acids is 1. The number of H-pyrrole nitrogens is 1. The van der Waals surface area contributed by atoms with Gasteiger partial charge in [0.2, 0.25) is 5.91 Å². The Morgan fingerprint density at radius 1 is 1.11 bits per heavy atom. The minimum absolute atomic E-state index is 0.0880. The molecule has 1 aromatic carbocycles. The number of anilines is 1. The summed E-state index contributed by atoms with van der Waals surface area (Å²) in [4.78, 5) is 32.5. The van der Waals surface area contributed by atoms with Gasteiger partial charge in [0.15, 0.2) is 0 Å². The van der Waals surface area contributed by atoms with Gasteiger partial charge in [-0.25, -0.2) is 9.97 Å². The van der Waals surface area contributed by atoms with Crippen LogP contribution in [0.1, 0.15) is 30.9 Å². The molecule has 5 rings (SSSR count). The fourth-order valence-electron chi connectivity index (χ4n) is 5.16. The quantitative estimate of drug-likeness (QED) is 0.448. The number of amides is 1. The lowest BCUT2D eigenvalue weighted by Crippen LogP contribution is -2.60. The molecule has 10 heteroatoms. The smallest absolute Gasteiger partial charge is 0.240 e. The number of nitrogens with zero attached hydrogens (tertiary/aromatic N) is 5. The Hall–Kier alpha value is -2.72. The molecule has 192 valence electrons. The van der Waals surface area contributed by atoms with Gasteiger partial charge in [-0.3, -0.25) is 4.79 Å². The number of piperidine rings is 1. The molecule has 9 nitrogen and oxygen atoms in total. The van der Waals surface area contributed by atoms with E-state index in [1.165, 1.54) is 0 Å². The van der Waals surface area contributed by atoms with Crippen molar-refractivity contribution in [1.82, 2.24) is 30.1 Å². The van der Waals surface area contributed by atoms with Crippen LogP contribution in [0.3, 0.4) is 0 Å². The van der Waals surface area contributed by atoms with Crippen LogP contribution in [0.25, 0.3) is 11.0 Å². The SMILES string of the molecule is CN1CCN(CCC(NC(=O)C2(N)CCN(c3ncnc4[nH]ccc34)CC2)c2ccc(Cl)cc2)CC1. The van der Waals surface area contributed by atoms with Gasteiger partial charge in [0.05, 0.1) is 17.0 Å². The number of halogens is 1. The van der Waals surface area contributed by atoms with Gasteiger partial charge in [-0.1, -0.05) is 23.7 Å². The number of hydrogen-bond acceptors (Lipinski definition) is 7. The normalized spacial score (nSPS) is 19.9. The summed E-state index contributed by atoms with van der Waals surface area (Å²) in [7, 11) is 2.16. The first-order valence-electron chi connectivity index (χ1n) is 12.7. The number of aromatic nitrogens is 3. The van der Waals surface area contributed by atoms with E-state index < -0.39 is 5.54 Å². The van der Waals surface area contributed by atoms with Gasteiger partial charge < -0.3 is 30.7 Å². The summed E-state index contributed by atoms with van der Waals surface area (Å²) in [5.41, 5.74) is 7.68. The first kappa shape index (κ1) is 25.0. The van der Waals surface area contributed by atoms with E-state index in [4.69, 9.17) is 17.3 Å². The number of fused-ring (bicyclic) bond motifs is 1. The Labute approximate surface area is 217 Å². The maximum Gasteiger partial charge on any atom is 0.240 e. The number of nitrogens with two attached hydrogens (primary N) is 1. The van der Waals surface area contributed by atoms with E-state index in [0.717, 1.165) is 61.6 Å². The highest BCUT2D eigenvalue weighted by Crippen LogP contribution is 2.29. The first-order chi connectivity index (χ1) is 17.4. The molecule has 0 bridgehead atoms. The van der Waals surface area contributed by atoms with E-state index in [0.29, 0.717) is 31.0 Å². The van der Waals surface area contributed by atoms with Gasteiger partial charge >= 0.3 is 0 Å². The maximum atomic E-state index is 13.5. The molecule has 2 saturated heterocycles. The van der Waals surface area contributed by atoms with E-state index in [2.05, 4.69) is 42.0 Å². The van der Waals surface area contributed by atoms with Crippen LogP contribution < -0.4 is 16.0 Å². The largest absolute Gasteiger partial charge is 0.356 e. The van der Waals surface area contributed by atoms with Crippen molar-refractivity contribution in [2.24, 2.45) is 5.73 Å². The predicted octanol–water partition coefficient (Wildman–Crippen LogP) is 2.40. The molecular weight excluding hydrogens is 476 g/mol. The average Bonchev–Trinajstić information content (AvgIpc) is 3.38. The molecule has 1 atom stereocenters. The molecule has 4 N–H and O–H groups in total. The van der Waals surface area contributed by atoms with Crippen LogP contribution in [0, 0.1) is 0 Å². The van der Waals surface area contributed by atoms with E-state index in [9.17, 15) is 4.79 Å². The summed E-state index contributed by atoms with van der Waals surface area (Å²) >= 11 is 6.14. The van der Waals surface area contributed by atoms with Crippen molar-refractivity contribution >= 4 is 34.4 Å². The second-order valence-corrected chi connectivity index (χ2v) is 10.5. The molecule has 0 saturated carbocycles. The molecule has 36 heavy (non-hydrogen) atoms. The minimum atomic E-state index is -0.917. The first-order valence-corrected chi connectivity index (χ1v) is 13.1. The molecule has 2 aliphatic rings. The summed E-state index contributed by atoms with van der Waals surface area (Å²) in [6, 6.07) is 9.63. The van der Waals surface area contributed by atoms with Crippen LogP contribution in [0.4, 0.5) is 5.82 Å². The number of rotatable bonds is 7. The molecule has 0 radical (unpaired) electrons. The molecule has 0 spiro atoms. The second kappa shape index (κ2) is 10.7. The molecule has 0 aliphatic carbocycles. The highest BCUT2D eigenvalue weighted by Gasteiger charge is 2.39. The number of nitrogens with one attached hydrogen (secondary N) is 2. The summed E-state index contributed by atoms with van der Waals surface area (Å²) < 4.78 is 0. The average molecular weight is 511 g/mol. The zero-order chi connectivity index (χ0) is 25.1. The number of likely N-dealkylation sites (N-methyl/N-ethyl adjacent to an activating group) is 1. The monoisotopic (exact) mass is 510 g/mol. The maximum absolute atomic E-state index is 13.5. The molecule has 1 unspecified atom stereocenters. The van der Waals surface area contributed by atoms with E-state index in [1.54, 1.807) is 6.33 Å². The summed E-state index contributed by atoms with van der Waals surface area (Å²) in [5.74, 6) is 0.796. The van der Waals surface area contributed by atoms with Gasteiger partial charge in [0.25, 0.3) is 0 Å². The Kier molecular flexibility index (Phi) is 7.43. The van der Waals surface area contributed by atoms with Crippen molar-refractivity contribution < 1.29 is 4.79 Å². The second-order valence-electron chi connectivity index (χ2n) is 10.1. The van der Waals surface area contributed by atoms with Crippen molar-refractivity contribution in [2.45, 2.75) is 30.8 Å². The predicted molar refractivity (Wildman–Crippen MR) is 143 cm³/mol. The van der Waals surface area contributed by atoms with Crippen molar-refractivity contribution in [3.8, 4) is 0 Å². The van der Waals surface area contributed by atoms with E-state index >= 15 is 0 Å². The zero-order valence-corrected chi connectivity index (χ0v) is 21.5. The molecule has 1 amide bonds. The van der Waals surface area contributed by atoms with Crippen LogP contribution in [0.15, 0.2) is 42.9 Å². The fraction of sp³-hybridized carbons (Fsp3) is 0.500. The van der Waals surface area contributed by atoms with Crippen molar-refractivity contribution in [3.05, 3.63) is 53.4 Å². The summed E-state index contributed by atoms with van der Waals surface area (Å²) in [6.07, 6.45) is 5.38. The third-order valence-electron chi connectivity index (χ3n) is 7.65. The lowest BCUT2D eigenvalue weighted by molar-refractivity contribution is -0.128. The van der Waals surface area contributed by atoms with Crippen molar-refractivity contribution in [3.63, 3.8) is 0 Å². The van der Waals surface area contributed by atoms with Gasteiger partial charge in [0, 0.05) is 57.0 Å². The van der Waals surface area contributed by atoms with E-state index in [1.807, 2.05) is 36.5 Å². The Bertz CT molecular complexity index is 1170. The van der Waals surface area contributed by atoms with Crippen LogP contribution >= 0.6 is 11.6 Å². The fourth-order valence-corrected chi connectivity index (χ4v) is 5.28. The number of aromatic amines is 1. The number of hydrogen-bond donors (Lipinski definition) is 3. The van der Waals surface area contributed by atoms with Crippen LogP contribution in [-0.4, -0.2) is 89.1 Å². The van der Waals surface area contributed by atoms with Gasteiger partial charge in [-0.2, -0.15) is 0 Å². The summed E-state index contributed by atoms with van der Waals surface area (Å²) in [5, 5.41) is 4.97. The summed E-state index contributed by atoms with van der Waals surface area (Å²) in [6.45, 7) is 6.48. The zero-order valence-electron chi connectivity index (χ0n) is 20.8. The highest BCUT2D eigenvalue weighted by atomic mass is 35.5. The lowest BCUT2D eigenvalue weighted by atomic mass is 9.87. The number of benzene rings is 1. The Morgan fingerprint density at radius 2 is 1.83 bits per heavy atom.